The third-order valence-electron chi connectivity index (χ3n) is 1.60. The Morgan fingerprint density at radius 3 is 2.54 bits per heavy atom. The molecule has 0 bridgehead atoms. The predicted molar refractivity (Wildman–Crippen MR) is 53.4 cm³/mol. The molecule has 0 saturated heterocycles. The van der Waals surface area contributed by atoms with Crippen LogP contribution in [0.3, 0.4) is 0 Å². The minimum absolute atomic E-state index is 0.766. The molecule has 1 aliphatic heterocycles. The van der Waals surface area contributed by atoms with E-state index >= 15 is 0 Å². The van der Waals surface area contributed by atoms with Crippen LogP contribution in [0.25, 0.3) is 0 Å². The molecular weight excluding hydrogens is 164 g/mol. The minimum atomic E-state index is 0.766. The number of allylic oxidation sites excluding steroid dienone is 2. The first-order valence-electron chi connectivity index (χ1n) is 4.13. The second-order valence-electron chi connectivity index (χ2n) is 2.58. The Balaban J connectivity index is 2.61. The van der Waals surface area contributed by atoms with Crippen LogP contribution in [0.4, 0.5) is 0 Å². The Hall–Kier alpha value is -1.64. The van der Waals surface area contributed by atoms with Crippen molar-refractivity contribution in [1.29, 1.82) is 0 Å². The van der Waals surface area contributed by atoms with Gasteiger partial charge < -0.3 is 9.74 Å². The summed E-state index contributed by atoms with van der Waals surface area (Å²) in [4.78, 5) is 7.01. The van der Waals surface area contributed by atoms with Crippen molar-refractivity contribution in [2.24, 2.45) is 0 Å². The van der Waals surface area contributed by atoms with Crippen LogP contribution in [0.15, 0.2) is 49.5 Å². The van der Waals surface area contributed by atoms with E-state index in [2.05, 4.69) is 23.5 Å². The van der Waals surface area contributed by atoms with Crippen molar-refractivity contribution < 1.29 is 4.84 Å². The van der Waals surface area contributed by atoms with Crippen molar-refractivity contribution in [3.63, 3.8) is 0 Å². The quantitative estimate of drug-likeness (QED) is 0.646. The van der Waals surface area contributed by atoms with Crippen LogP contribution in [0, 0.1) is 0 Å². The number of nitrogens with zero attached hydrogens (tertiary/aromatic N) is 1. The van der Waals surface area contributed by atoms with Crippen LogP contribution in [-0.2, 0) is 4.84 Å². The maximum atomic E-state index is 4.95. The topological polar surface area (TPSA) is 24.5 Å². The van der Waals surface area contributed by atoms with Crippen molar-refractivity contribution in [2.45, 2.75) is 0 Å². The zero-order chi connectivity index (χ0) is 9.52. The molecule has 0 aromatic carbocycles. The summed E-state index contributed by atoms with van der Waals surface area (Å²) in [6.07, 6.45) is 9.04. The van der Waals surface area contributed by atoms with E-state index in [9.17, 15) is 0 Å². The molecule has 1 aliphatic rings. The van der Waals surface area contributed by atoms with Gasteiger partial charge in [-0.2, -0.15) is 0 Å². The van der Waals surface area contributed by atoms with Crippen LogP contribution in [0.5, 0.6) is 0 Å². The number of rotatable bonds is 5. The second-order valence-corrected chi connectivity index (χ2v) is 2.58. The number of hydroxylamine groups is 1. The zero-order valence-electron chi connectivity index (χ0n) is 7.57. The molecule has 3 heteroatoms. The van der Waals surface area contributed by atoms with Gasteiger partial charge in [0.1, 0.15) is 12.1 Å². The van der Waals surface area contributed by atoms with Gasteiger partial charge in [0.2, 0.25) is 0 Å². The lowest BCUT2D eigenvalue weighted by atomic mass is 10.4. The van der Waals surface area contributed by atoms with Gasteiger partial charge in [0.05, 0.1) is 0 Å². The average molecular weight is 178 g/mol. The Labute approximate surface area is 78.6 Å². The molecule has 0 spiro atoms. The van der Waals surface area contributed by atoms with E-state index in [0.717, 1.165) is 18.9 Å². The summed E-state index contributed by atoms with van der Waals surface area (Å²) in [7, 11) is 0. The molecule has 1 heterocycles. The molecule has 0 unspecified atom stereocenters. The highest BCUT2D eigenvalue weighted by molar-refractivity contribution is 5.12. The Morgan fingerprint density at radius 2 is 2.08 bits per heavy atom. The van der Waals surface area contributed by atoms with Crippen molar-refractivity contribution in [3.8, 4) is 0 Å². The molecule has 0 atom stereocenters. The first kappa shape index (κ1) is 9.45. The van der Waals surface area contributed by atoms with Crippen LogP contribution in [0.2, 0.25) is 0 Å². The molecule has 1 rings (SSSR count). The lowest BCUT2D eigenvalue weighted by molar-refractivity contribution is 0.126. The SMILES string of the molecule is C=CCN(CC=C)C1=CC=CON1. The van der Waals surface area contributed by atoms with E-state index in [1.54, 1.807) is 6.26 Å². The van der Waals surface area contributed by atoms with E-state index in [1.165, 1.54) is 0 Å². The van der Waals surface area contributed by atoms with Gasteiger partial charge in [-0.25, -0.2) is 5.48 Å². The van der Waals surface area contributed by atoms with Gasteiger partial charge in [0.25, 0.3) is 0 Å². The van der Waals surface area contributed by atoms with Gasteiger partial charge in [0.15, 0.2) is 0 Å². The normalized spacial score (nSPS) is 13.7. The van der Waals surface area contributed by atoms with Gasteiger partial charge >= 0.3 is 0 Å². The van der Waals surface area contributed by atoms with Gasteiger partial charge in [-0.3, -0.25) is 0 Å². The van der Waals surface area contributed by atoms with Crippen LogP contribution in [0.1, 0.15) is 0 Å². The van der Waals surface area contributed by atoms with E-state index in [0.29, 0.717) is 0 Å². The molecule has 13 heavy (non-hydrogen) atoms. The van der Waals surface area contributed by atoms with Gasteiger partial charge in [-0.05, 0) is 12.2 Å². The van der Waals surface area contributed by atoms with E-state index in [-0.39, 0.29) is 0 Å². The highest BCUT2D eigenvalue weighted by atomic mass is 16.6. The fourth-order valence-electron chi connectivity index (χ4n) is 1.05. The van der Waals surface area contributed by atoms with Crippen LogP contribution in [-0.4, -0.2) is 18.0 Å². The molecule has 1 N–H and O–H groups in total. The first-order chi connectivity index (χ1) is 6.38. The number of hydrogen-bond acceptors (Lipinski definition) is 3. The van der Waals surface area contributed by atoms with Gasteiger partial charge in [-0.15, -0.1) is 13.2 Å². The molecule has 0 fully saturated rings. The zero-order valence-corrected chi connectivity index (χ0v) is 7.57. The standard InChI is InChI=1S/C10H14N2O/c1-3-7-12(8-4-2)10-6-5-9-13-11-10/h3-6,9,11H,1-2,7-8H2. The summed E-state index contributed by atoms with van der Waals surface area (Å²) < 4.78 is 0. The molecule has 0 aliphatic carbocycles. The average Bonchev–Trinajstić information content (AvgIpc) is 2.19. The van der Waals surface area contributed by atoms with E-state index in [4.69, 9.17) is 4.84 Å². The summed E-state index contributed by atoms with van der Waals surface area (Å²) in [5.41, 5.74) is 2.79. The van der Waals surface area contributed by atoms with Crippen molar-refractivity contribution in [1.82, 2.24) is 10.4 Å². The molecular formula is C10H14N2O. The largest absolute Gasteiger partial charge is 0.389 e. The van der Waals surface area contributed by atoms with E-state index in [1.807, 2.05) is 24.3 Å². The number of hydrogen-bond donors (Lipinski definition) is 1. The van der Waals surface area contributed by atoms with Crippen LogP contribution < -0.4 is 5.48 Å². The first-order valence-corrected chi connectivity index (χ1v) is 4.13. The molecule has 0 aromatic heterocycles. The third kappa shape index (κ3) is 2.71. The monoisotopic (exact) mass is 178 g/mol. The summed E-state index contributed by atoms with van der Waals surface area (Å²) in [5.74, 6) is 0.919. The predicted octanol–water partition coefficient (Wildman–Crippen LogP) is 1.55. The fourth-order valence-corrected chi connectivity index (χ4v) is 1.05. The summed E-state index contributed by atoms with van der Waals surface area (Å²) >= 11 is 0. The Bertz CT molecular complexity index is 233. The summed E-state index contributed by atoms with van der Waals surface area (Å²) in [6, 6.07) is 0. The van der Waals surface area contributed by atoms with Crippen molar-refractivity contribution in [3.05, 3.63) is 49.5 Å². The molecule has 3 nitrogen and oxygen atoms in total. The summed E-state index contributed by atoms with van der Waals surface area (Å²) in [5, 5.41) is 0. The number of nitrogens with one attached hydrogen (secondary N) is 1. The smallest absolute Gasteiger partial charge is 0.137 e. The van der Waals surface area contributed by atoms with Crippen molar-refractivity contribution in [2.75, 3.05) is 13.1 Å². The maximum Gasteiger partial charge on any atom is 0.137 e. The maximum absolute atomic E-state index is 4.95. The molecule has 0 amide bonds. The Morgan fingerprint density at radius 1 is 1.38 bits per heavy atom. The lowest BCUT2D eigenvalue weighted by Gasteiger charge is -2.25. The van der Waals surface area contributed by atoms with Gasteiger partial charge in [0, 0.05) is 13.1 Å². The summed E-state index contributed by atoms with van der Waals surface area (Å²) in [6.45, 7) is 8.91. The highest BCUT2D eigenvalue weighted by Crippen LogP contribution is 2.04. The molecule has 0 radical (unpaired) electrons. The van der Waals surface area contributed by atoms with Gasteiger partial charge in [-0.1, -0.05) is 12.2 Å². The second kappa shape index (κ2) is 5.09. The lowest BCUT2D eigenvalue weighted by Crippen LogP contribution is -2.32. The fraction of sp³-hybridized carbons (Fsp3) is 0.200. The molecule has 0 aromatic rings. The Kier molecular flexibility index (Phi) is 3.70. The van der Waals surface area contributed by atoms with Crippen LogP contribution >= 0.6 is 0 Å². The molecule has 70 valence electrons. The minimum Gasteiger partial charge on any atom is -0.389 e. The molecule has 0 saturated carbocycles. The third-order valence-corrected chi connectivity index (χ3v) is 1.60. The van der Waals surface area contributed by atoms with E-state index < -0.39 is 0 Å². The highest BCUT2D eigenvalue weighted by Gasteiger charge is 2.06. The van der Waals surface area contributed by atoms with Crippen molar-refractivity contribution >= 4 is 0 Å².